The lowest BCUT2D eigenvalue weighted by molar-refractivity contribution is -0.138. The van der Waals surface area contributed by atoms with E-state index in [2.05, 4.69) is 25.2 Å². The van der Waals surface area contributed by atoms with Crippen molar-refractivity contribution in [3.05, 3.63) is 76.6 Å². The van der Waals surface area contributed by atoms with E-state index in [1.165, 1.54) is 0 Å². The fourth-order valence-corrected chi connectivity index (χ4v) is 5.44. The predicted octanol–water partition coefficient (Wildman–Crippen LogP) is 5.71. The van der Waals surface area contributed by atoms with Crippen LogP contribution in [-0.4, -0.2) is 60.1 Å². The summed E-state index contributed by atoms with van der Waals surface area (Å²) in [6, 6.07) is 9.22. The third kappa shape index (κ3) is 8.16. The minimum Gasteiger partial charge on any atom is -0.481 e. The van der Waals surface area contributed by atoms with Gasteiger partial charge >= 0.3 is 5.97 Å². The Balaban J connectivity index is 1.29. The highest BCUT2D eigenvalue weighted by molar-refractivity contribution is 6.35. The van der Waals surface area contributed by atoms with Gasteiger partial charge in [-0.1, -0.05) is 23.2 Å². The highest BCUT2D eigenvalue weighted by atomic mass is 35.5. The number of benzene rings is 1. The van der Waals surface area contributed by atoms with Crippen LogP contribution in [0.15, 0.2) is 55.2 Å². The number of ether oxygens (including phenoxy) is 1. The molecule has 41 heavy (non-hydrogen) atoms. The Morgan fingerprint density at radius 3 is 2.46 bits per heavy atom. The number of nitrogens with one attached hydrogen (secondary N) is 1. The summed E-state index contributed by atoms with van der Waals surface area (Å²) in [5.41, 5.74) is 3.58. The first kappa shape index (κ1) is 28.8. The SMILES string of the molecule is Cn1cncc1CCNc1ncc(Oc2cc(CN3CCC(CC(=O)O)CC3)cc(-c3cc(Cl)cc(Cl)c3)n2)cn1. The number of carbonyl (C=O) groups is 1. The molecule has 0 bridgehead atoms. The Kier molecular flexibility index (Phi) is 9.33. The lowest BCUT2D eigenvalue weighted by atomic mass is 9.93. The van der Waals surface area contributed by atoms with E-state index in [1.807, 2.05) is 42.1 Å². The van der Waals surface area contributed by atoms with Crippen LogP contribution in [0.3, 0.4) is 0 Å². The Bertz CT molecular complexity index is 1470. The number of nitrogens with zero attached hydrogens (tertiary/aromatic N) is 6. The summed E-state index contributed by atoms with van der Waals surface area (Å²) in [5.74, 6) is 0.839. The van der Waals surface area contributed by atoms with E-state index in [1.54, 1.807) is 24.8 Å². The molecule has 1 saturated heterocycles. The van der Waals surface area contributed by atoms with Crippen molar-refractivity contribution in [3.8, 4) is 22.9 Å². The van der Waals surface area contributed by atoms with Gasteiger partial charge in [0.05, 0.1) is 24.4 Å². The molecule has 1 aliphatic rings. The number of pyridine rings is 1. The highest BCUT2D eigenvalue weighted by Gasteiger charge is 2.22. The molecule has 0 radical (unpaired) electrons. The van der Waals surface area contributed by atoms with Gasteiger partial charge in [0.2, 0.25) is 11.8 Å². The van der Waals surface area contributed by atoms with Gasteiger partial charge in [0.15, 0.2) is 5.75 Å². The van der Waals surface area contributed by atoms with Crippen LogP contribution in [0.1, 0.15) is 30.5 Å². The maximum atomic E-state index is 11.1. The van der Waals surface area contributed by atoms with Crippen LogP contribution in [-0.2, 0) is 24.8 Å². The van der Waals surface area contributed by atoms with Crippen LogP contribution in [0, 0.1) is 5.92 Å². The lowest BCUT2D eigenvalue weighted by Crippen LogP contribution is -2.33. The van der Waals surface area contributed by atoms with Gasteiger partial charge in [0.25, 0.3) is 0 Å². The molecule has 0 unspecified atom stereocenters. The first-order valence-electron chi connectivity index (χ1n) is 13.4. The van der Waals surface area contributed by atoms with E-state index in [4.69, 9.17) is 38.0 Å². The third-order valence-corrected chi connectivity index (χ3v) is 7.46. The number of carboxylic acids is 1. The summed E-state index contributed by atoms with van der Waals surface area (Å²) in [6.07, 6.45) is 9.57. The van der Waals surface area contributed by atoms with E-state index >= 15 is 0 Å². The van der Waals surface area contributed by atoms with Gasteiger partial charge in [-0.15, -0.1) is 0 Å². The van der Waals surface area contributed by atoms with Crippen molar-refractivity contribution >= 4 is 35.1 Å². The van der Waals surface area contributed by atoms with Gasteiger partial charge in [-0.25, -0.2) is 19.9 Å². The van der Waals surface area contributed by atoms with Crippen LogP contribution in [0.2, 0.25) is 10.0 Å². The smallest absolute Gasteiger partial charge is 0.303 e. The van der Waals surface area contributed by atoms with E-state index < -0.39 is 5.97 Å². The number of anilines is 1. The number of aromatic nitrogens is 5. The summed E-state index contributed by atoms with van der Waals surface area (Å²) in [4.78, 5) is 31.0. The van der Waals surface area contributed by atoms with E-state index in [9.17, 15) is 4.79 Å². The topological polar surface area (TPSA) is 118 Å². The molecule has 2 N–H and O–H groups in total. The molecule has 3 aromatic heterocycles. The normalized spacial score (nSPS) is 14.2. The van der Waals surface area contributed by atoms with Crippen LogP contribution < -0.4 is 10.1 Å². The first-order chi connectivity index (χ1) is 19.8. The zero-order valence-electron chi connectivity index (χ0n) is 22.6. The summed E-state index contributed by atoms with van der Waals surface area (Å²) in [5, 5.41) is 13.4. The number of aliphatic carboxylic acids is 1. The number of rotatable bonds is 11. The van der Waals surface area contributed by atoms with E-state index in [0.29, 0.717) is 46.4 Å². The molecule has 0 aliphatic carbocycles. The molecule has 0 spiro atoms. The number of hydrogen-bond donors (Lipinski definition) is 2. The second-order valence-electron chi connectivity index (χ2n) is 10.2. The number of hydrogen-bond acceptors (Lipinski definition) is 8. The maximum absolute atomic E-state index is 11.1. The van der Waals surface area contributed by atoms with Crippen molar-refractivity contribution in [2.75, 3.05) is 25.0 Å². The number of carboxylic acid groups (broad SMARTS) is 1. The largest absolute Gasteiger partial charge is 0.481 e. The molecule has 5 rings (SSSR count). The number of halogens is 2. The van der Waals surface area contributed by atoms with Crippen LogP contribution in [0.4, 0.5) is 5.95 Å². The molecular weight excluding hydrogens is 565 g/mol. The van der Waals surface area contributed by atoms with E-state index in [-0.39, 0.29) is 12.3 Å². The molecule has 0 atom stereocenters. The maximum Gasteiger partial charge on any atom is 0.303 e. The van der Waals surface area contributed by atoms with Crippen molar-refractivity contribution in [1.29, 1.82) is 0 Å². The monoisotopic (exact) mass is 595 g/mol. The molecule has 214 valence electrons. The number of imidazole rings is 1. The molecule has 10 nitrogen and oxygen atoms in total. The molecule has 1 fully saturated rings. The van der Waals surface area contributed by atoms with Crippen molar-refractivity contribution < 1.29 is 14.6 Å². The summed E-state index contributed by atoms with van der Waals surface area (Å²) in [7, 11) is 1.96. The fraction of sp³-hybridized carbons (Fsp3) is 0.345. The molecule has 1 aromatic carbocycles. The zero-order valence-corrected chi connectivity index (χ0v) is 24.1. The Morgan fingerprint density at radius 1 is 1.07 bits per heavy atom. The molecular formula is C29H31Cl2N7O3. The van der Waals surface area contributed by atoms with Gasteiger partial charge in [-0.05, 0) is 61.7 Å². The quantitative estimate of drug-likeness (QED) is 0.224. The van der Waals surface area contributed by atoms with Gasteiger partial charge in [0.1, 0.15) is 0 Å². The Labute approximate surface area is 248 Å². The predicted molar refractivity (Wildman–Crippen MR) is 157 cm³/mol. The lowest BCUT2D eigenvalue weighted by Gasteiger charge is -2.31. The van der Waals surface area contributed by atoms with E-state index in [0.717, 1.165) is 49.2 Å². The Hall–Kier alpha value is -3.73. The van der Waals surface area contributed by atoms with Crippen molar-refractivity contribution in [3.63, 3.8) is 0 Å². The molecule has 0 saturated carbocycles. The molecule has 4 heterocycles. The Morgan fingerprint density at radius 2 is 1.80 bits per heavy atom. The fourth-order valence-electron chi connectivity index (χ4n) is 4.91. The van der Waals surface area contributed by atoms with Crippen molar-refractivity contribution in [2.24, 2.45) is 13.0 Å². The van der Waals surface area contributed by atoms with Gasteiger partial charge in [-0.3, -0.25) is 9.69 Å². The van der Waals surface area contributed by atoms with Gasteiger partial charge in [0, 0.05) is 66.5 Å². The van der Waals surface area contributed by atoms with Gasteiger partial charge in [-0.2, -0.15) is 0 Å². The standard InChI is InChI=1S/C29H31Cl2N7O3/c1-37-18-32-14-24(37)2-5-33-29-34-15-25(16-35-29)41-27-9-20(17-38-6-3-19(4-7-38)10-28(39)40)8-26(36-27)21-11-22(30)13-23(31)12-21/h8-9,11-16,18-19H,2-7,10,17H2,1H3,(H,39,40)(H,33,34,35). The first-order valence-corrected chi connectivity index (χ1v) is 14.2. The van der Waals surface area contributed by atoms with Crippen LogP contribution >= 0.6 is 23.2 Å². The van der Waals surface area contributed by atoms with Crippen molar-refractivity contribution in [1.82, 2.24) is 29.4 Å². The summed E-state index contributed by atoms with van der Waals surface area (Å²) >= 11 is 12.6. The minimum atomic E-state index is -0.735. The molecule has 0 amide bonds. The number of likely N-dealkylation sites (tertiary alicyclic amines) is 1. The molecule has 12 heteroatoms. The average Bonchev–Trinajstić information content (AvgIpc) is 3.34. The van der Waals surface area contributed by atoms with Crippen molar-refractivity contribution in [2.45, 2.75) is 32.2 Å². The summed E-state index contributed by atoms with van der Waals surface area (Å²) in [6.45, 7) is 3.01. The summed E-state index contributed by atoms with van der Waals surface area (Å²) < 4.78 is 8.08. The minimum absolute atomic E-state index is 0.219. The van der Waals surface area contributed by atoms with Gasteiger partial charge < -0.3 is 19.7 Å². The van der Waals surface area contributed by atoms with Crippen LogP contribution in [0.5, 0.6) is 11.6 Å². The highest BCUT2D eigenvalue weighted by Crippen LogP contribution is 2.31. The number of aryl methyl sites for hydroxylation is 1. The molecule has 1 aliphatic heterocycles. The van der Waals surface area contributed by atoms with Crippen LogP contribution in [0.25, 0.3) is 11.3 Å². The molecule has 4 aromatic rings. The second-order valence-corrected chi connectivity index (χ2v) is 11.1. The second kappa shape index (κ2) is 13.3. The zero-order chi connectivity index (χ0) is 28.8. The number of piperidine rings is 1. The average molecular weight is 597 g/mol. The third-order valence-electron chi connectivity index (χ3n) is 7.03.